The molecule has 2 aromatic heterocycles. The summed E-state index contributed by atoms with van der Waals surface area (Å²) in [6.07, 6.45) is 3.45. The van der Waals surface area contributed by atoms with Crippen molar-refractivity contribution in [1.82, 2.24) is 15.2 Å². The summed E-state index contributed by atoms with van der Waals surface area (Å²) in [6.45, 7) is 4.58. The molecule has 1 aliphatic rings. The Morgan fingerprint density at radius 2 is 1.80 bits per heavy atom. The van der Waals surface area contributed by atoms with Gasteiger partial charge in [0.15, 0.2) is 0 Å². The fourth-order valence-corrected chi connectivity index (χ4v) is 4.33. The predicted molar refractivity (Wildman–Crippen MR) is 130 cm³/mol. The van der Waals surface area contributed by atoms with Gasteiger partial charge in [-0.25, -0.2) is 4.79 Å². The lowest BCUT2D eigenvalue weighted by molar-refractivity contribution is 0.0526. The molecule has 0 saturated heterocycles. The quantitative estimate of drug-likeness (QED) is 0.392. The second-order valence-electron chi connectivity index (χ2n) is 7.95. The van der Waals surface area contributed by atoms with Crippen LogP contribution in [-0.4, -0.2) is 40.3 Å². The number of pyridine rings is 1. The highest BCUT2D eigenvalue weighted by Crippen LogP contribution is 2.45. The number of carbonyl (C=O) groups is 2. The molecule has 8 nitrogen and oxygen atoms in total. The van der Waals surface area contributed by atoms with Crippen LogP contribution in [0, 0.1) is 0 Å². The Bertz CT molecular complexity index is 1350. The molecule has 1 N–H and O–H groups in total. The molecule has 1 unspecified atom stereocenters. The molecule has 0 aliphatic carbocycles. The van der Waals surface area contributed by atoms with Crippen molar-refractivity contribution in [3.8, 4) is 17.0 Å². The summed E-state index contributed by atoms with van der Waals surface area (Å²) in [7, 11) is 0. The number of hydrogen-bond acceptors (Lipinski definition) is 6. The largest absolute Gasteiger partial charge is 0.494 e. The highest BCUT2D eigenvalue weighted by molar-refractivity contribution is 6.11. The van der Waals surface area contributed by atoms with Crippen LogP contribution in [0.5, 0.6) is 5.75 Å². The number of benzene rings is 2. The van der Waals surface area contributed by atoms with Crippen molar-refractivity contribution in [2.24, 2.45) is 0 Å². The van der Waals surface area contributed by atoms with E-state index in [1.807, 2.05) is 43.3 Å². The van der Waals surface area contributed by atoms with E-state index < -0.39 is 12.0 Å². The van der Waals surface area contributed by atoms with Crippen molar-refractivity contribution in [2.45, 2.75) is 19.9 Å². The van der Waals surface area contributed by atoms with Crippen molar-refractivity contribution in [3.63, 3.8) is 0 Å². The van der Waals surface area contributed by atoms with E-state index in [-0.39, 0.29) is 5.91 Å². The van der Waals surface area contributed by atoms with Gasteiger partial charge in [0, 0.05) is 29.2 Å². The summed E-state index contributed by atoms with van der Waals surface area (Å²) in [4.78, 5) is 31.7. The topological polar surface area (TPSA) is 97.4 Å². The number of anilines is 1. The van der Waals surface area contributed by atoms with Gasteiger partial charge in [-0.1, -0.05) is 6.07 Å². The van der Waals surface area contributed by atoms with E-state index in [1.54, 1.807) is 48.5 Å². The number of amides is 1. The molecule has 8 heteroatoms. The second-order valence-corrected chi connectivity index (χ2v) is 7.95. The minimum absolute atomic E-state index is 0.206. The summed E-state index contributed by atoms with van der Waals surface area (Å²) < 4.78 is 10.6. The van der Waals surface area contributed by atoms with E-state index in [2.05, 4.69) is 15.2 Å². The first-order chi connectivity index (χ1) is 17.1. The van der Waals surface area contributed by atoms with Crippen molar-refractivity contribution >= 4 is 17.6 Å². The van der Waals surface area contributed by atoms with Crippen LogP contribution >= 0.6 is 0 Å². The van der Waals surface area contributed by atoms with Crippen molar-refractivity contribution in [3.05, 3.63) is 95.4 Å². The summed E-state index contributed by atoms with van der Waals surface area (Å²) >= 11 is 0. The molecule has 3 heterocycles. The molecule has 1 aliphatic heterocycles. The van der Waals surface area contributed by atoms with Crippen molar-refractivity contribution < 1.29 is 19.1 Å². The third kappa shape index (κ3) is 4.03. The van der Waals surface area contributed by atoms with E-state index in [4.69, 9.17) is 9.47 Å². The molecule has 1 atom stereocenters. The minimum atomic E-state index is -0.444. The summed E-state index contributed by atoms with van der Waals surface area (Å²) in [6, 6.07) is 17.8. The molecule has 0 radical (unpaired) electrons. The molecule has 5 rings (SSSR count). The van der Waals surface area contributed by atoms with Crippen LogP contribution in [0.4, 0.5) is 5.69 Å². The number of aromatic amines is 1. The van der Waals surface area contributed by atoms with Gasteiger partial charge < -0.3 is 9.47 Å². The monoisotopic (exact) mass is 468 g/mol. The molecule has 0 spiro atoms. The van der Waals surface area contributed by atoms with Crippen molar-refractivity contribution in [2.75, 3.05) is 18.1 Å². The number of nitrogens with zero attached hydrogens (tertiary/aromatic N) is 3. The summed E-state index contributed by atoms with van der Waals surface area (Å²) in [5.74, 6) is 0.164. The van der Waals surface area contributed by atoms with Crippen molar-refractivity contribution in [1.29, 1.82) is 0 Å². The maximum atomic E-state index is 13.6. The number of rotatable bonds is 7. The van der Waals surface area contributed by atoms with E-state index >= 15 is 0 Å². The molecule has 2 aromatic carbocycles. The number of nitrogens with one attached hydrogen (secondary N) is 1. The molecule has 0 fully saturated rings. The lowest BCUT2D eigenvalue weighted by atomic mass is 9.97. The van der Waals surface area contributed by atoms with Gasteiger partial charge >= 0.3 is 5.97 Å². The first kappa shape index (κ1) is 22.3. The Morgan fingerprint density at radius 1 is 1.03 bits per heavy atom. The van der Waals surface area contributed by atoms with Crippen LogP contribution < -0.4 is 9.64 Å². The predicted octanol–water partition coefficient (Wildman–Crippen LogP) is 4.80. The number of esters is 1. The fourth-order valence-electron chi connectivity index (χ4n) is 4.33. The van der Waals surface area contributed by atoms with Gasteiger partial charge in [-0.3, -0.25) is 19.8 Å². The van der Waals surface area contributed by atoms with E-state index in [0.29, 0.717) is 35.9 Å². The lowest BCUT2D eigenvalue weighted by Crippen LogP contribution is -2.29. The normalized spacial score (nSPS) is 14.6. The van der Waals surface area contributed by atoms with E-state index in [1.165, 1.54) is 0 Å². The SMILES string of the molecule is CCOC(=O)c1ccc(N2C(=O)c3[nH]nc(-c4ccc(OCC)cc4)c3C2c2cccnc2)cc1. The first-order valence-electron chi connectivity index (χ1n) is 11.4. The van der Waals surface area contributed by atoms with Gasteiger partial charge in [0.05, 0.1) is 30.5 Å². The fraction of sp³-hybridized carbons (Fsp3) is 0.185. The molecule has 0 saturated carbocycles. The summed E-state index contributed by atoms with van der Waals surface area (Å²) in [5, 5.41) is 7.45. The Balaban J connectivity index is 1.58. The van der Waals surface area contributed by atoms with E-state index in [9.17, 15) is 9.59 Å². The Morgan fingerprint density at radius 3 is 2.46 bits per heavy atom. The van der Waals surface area contributed by atoms with Gasteiger partial charge in [0.25, 0.3) is 5.91 Å². The molecular weight excluding hydrogens is 444 g/mol. The number of ether oxygens (including phenoxy) is 2. The summed E-state index contributed by atoms with van der Waals surface area (Å²) in [5.41, 5.74) is 4.69. The van der Waals surface area contributed by atoms with Gasteiger partial charge in [0.2, 0.25) is 0 Å². The number of H-pyrrole nitrogens is 1. The zero-order valence-corrected chi connectivity index (χ0v) is 19.4. The van der Waals surface area contributed by atoms with Gasteiger partial charge in [-0.15, -0.1) is 0 Å². The van der Waals surface area contributed by atoms with Gasteiger partial charge in [-0.05, 0) is 74.0 Å². The maximum Gasteiger partial charge on any atom is 0.338 e. The molecule has 0 bridgehead atoms. The first-order valence-corrected chi connectivity index (χ1v) is 11.4. The van der Waals surface area contributed by atoms with Crippen LogP contribution in [0.25, 0.3) is 11.3 Å². The minimum Gasteiger partial charge on any atom is -0.494 e. The lowest BCUT2D eigenvalue weighted by Gasteiger charge is -2.26. The third-order valence-corrected chi connectivity index (χ3v) is 5.86. The highest BCUT2D eigenvalue weighted by Gasteiger charge is 2.43. The number of fused-ring (bicyclic) bond motifs is 1. The third-order valence-electron chi connectivity index (χ3n) is 5.86. The smallest absolute Gasteiger partial charge is 0.338 e. The number of aromatic nitrogens is 3. The van der Waals surface area contributed by atoms with Crippen LogP contribution in [0.1, 0.15) is 51.9 Å². The average molecular weight is 469 g/mol. The average Bonchev–Trinajstić information content (AvgIpc) is 3.44. The van der Waals surface area contributed by atoms with Crippen LogP contribution in [0.15, 0.2) is 73.1 Å². The molecule has 4 aromatic rings. The van der Waals surface area contributed by atoms with E-state index in [0.717, 1.165) is 22.4 Å². The Labute approximate surface area is 202 Å². The van der Waals surface area contributed by atoms with Gasteiger partial charge in [0.1, 0.15) is 11.4 Å². The molecule has 176 valence electrons. The zero-order valence-electron chi connectivity index (χ0n) is 19.4. The second kappa shape index (κ2) is 9.42. The number of carbonyl (C=O) groups excluding carboxylic acids is 2. The standard InChI is InChI=1S/C27H24N4O4/c1-3-34-21-13-9-17(10-14-21)23-22-24(30-29-23)26(32)31(25(22)19-6-5-15-28-16-19)20-11-7-18(8-12-20)27(33)35-4-2/h5-16,25H,3-4H2,1-2H3,(H,29,30). The van der Waals surface area contributed by atoms with Crippen LogP contribution in [0.2, 0.25) is 0 Å². The molecule has 35 heavy (non-hydrogen) atoms. The van der Waals surface area contributed by atoms with Crippen LogP contribution in [0.3, 0.4) is 0 Å². The Kier molecular flexibility index (Phi) is 6.01. The number of hydrogen-bond donors (Lipinski definition) is 1. The molecular formula is C27H24N4O4. The molecule has 1 amide bonds. The van der Waals surface area contributed by atoms with Gasteiger partial charge in [-0.2, -0.15) is 5.10 Å². The maximum absolute atomic E-state index is 13.6. The highest BCUT2D eigenvalue weighted by atomic mass is 16.5. The zero-order chi connectivity index (χ0) is 24.4. The Hall–Kier alpha value is -4.46. The van der Waals surface area contributed by atoms with Crippen LogP contribution in [-0.2, 0) is 4.74 Å².